The summed E-state index contributed by atoms with van der Waals surface area (Å²) in [5, 5.41) is 20.2. The number of aryl methyl sites for hydroxylation is 3. The van der Waals surface area contributed by atoms with Gasteiger partial charge in [0.15, 0.2) is 0 Å². The minimum absolute atomic E-state index is 0.179. The van der Waals surface area contributed by atoms with Crippen LogP contribution in [0.5, 0.6) is 0 Å². The van der Waals surface area contributed by atoms with Crippen LogP contribution in [0.25, 0.3) is 11.0 Å². The largest absolute Gasteiger partial charge is 0.478 e. The maximum atomic E-state index is 11.1. The summed E-state index contributed by atoms with van der Waals surface area (Å²) in [6, 6.07) is 5.07. The van der Waals surface area contributed by atoms with E-state index in [-0.39, 0.29) is 5.56 Å². The third-order valence-electron chi connectivity index (χ3n) is 2.98. The zero-order chi connectivity index (χ0) is 14.1. The molecule has 0 radical (unpaired) electrons. The number of aromatic carboxylic acids is 1. The number of carbonyl (C=O) groups is 1. The van der Waals surface area contributed by atoms with Crippen molar-refractivity contribution in [3.05, 3.63) is 39.8 Å². The fourth-order valence-electron chi connectivity index (χ4n) is 2.05. The van der Waals surface area contributed by atoms with Crippen LogP contribution in [0.3, 0.4) is 0 Å². The van der Waals surface area contributed by atoms with Crippen LogP contribution in [0, 0.1) is 6.92 Å². The molecular formula is C13H12N4O2S. The van der Waals surface area contributed by atoms with Crippen molar-refractivity contribution in [2.45, 2.75) is 19.9 Å². The number of hydrogen-bond donors (Lipinski definition) is 1. The van der Waals surface area contributed by atoms with E-state index in [4.69, 9.17) is 5.11 Å². The molecular weight excluding hydrogens is 276 g/mol. The lowest BCUT2D eigenvalue weighted by molar-refractivity contribution is 0.0699. The monoisotopic (exact) mass is 288 g/mol. The molecule has 2 heterocycles. The number of aromatic nitrogens is 4. The molecule has 0 aliphatic heterocycles. The van der Waals surface area contributed by atoms with E-state index in [0.29, 0.717) is 12.1 Å². The highest BCUT2D eigenvalue weighted by Gasteiger charge is 2.13. The molecule has 0 saturated carbocycles. The summed E-state index contributed by atoms with van der Waals surface area (Å²) in [4.78, 5) is 15.5. The molecule has 1 aromatic carbocycles. The fourth-order valence-corrected chi connectivity index (χ4v) is 2.81. The Bertz CT molecular complexity index is 778. The van der Waals surface area contributed by atoms with Crippen molar-refractivity contribution in [1.29, 1.82) is 0 Å². The zero-order valence-corrected chi connectivity index (χ0v) is 11.6. The highest BCUT2D eigenvalue weighted by Crippen LogP contribution is 2.17. The zero-order valence-electron chi connectivity index (χ0n) is 10.8. The second kappa shape index (κ2) is 5.01. The molecule has 2 aromatic heterocycles. The van der Waals surface area contributed by atoms with E-state index < -0.39 is 5.97 Å². The van der Waals surface area contributed by atoms with Gasteiger partial charge in [0.25, 0.3) is 0 Å². The van der Waals surface area contributed by atoms with E-state index in [0.717, 1.165) is 22.6 Å². The van der Waals surface area contributed by atoms with Gasteiger partial charge in [0.1, 0.15) is 5.52 Å². The van der Waals surface area contributed by atoms with E-state index >= 15 is 0 Å². The second-order valence-corrected chi connectivity index (χ2v) is 5.37. The van der Waals surface area contributed by atoms with E-state index in [9.17, 15) is 4.79 Å². The summed E-state index contributed by atoms with van der Waals surface area (Å²) in [6.07, 6.45) is 0.758. The topological polar surface area (TPSA) is 80.9 Å². The van der Waals surface area contributed by atoms with Gasteiger partial charge in [-0.25, -0.2) is 14.5 Å². The quantitative estimate of drug-likeness (QED) is 0.795. The Balaban J connectivity index is 1.89. The number of hydrogen-bond acceptors (Lipinski definition) is 5. The van der Waals surface area contributed by atoms with Crippen molar-refractivity contribution in [2.75, 3.05) is 0 Å². The summed E-state index contributed by atoms with van der Waals surface area (Å²) in [5.41, 5.74) is 2.36. The van der Waals surface area contributed by atoms with E-state index in [1.54, 1.807) is 22.1 Å². The van der Waals surface area contributed by atoms with Gasteiger partial charge < -0.3 is 5.11 Å². The predicted molar refractivity (Wildman–Crippen MR) is 75.0 cm³/mol. The van der Waals surface area contributed by atoms with Crippen molar-refractivity contribution < 1.29 is 9.90 Å². The van der Waals surface area contributed by atoms with Crippen molar-refractivity contribution in [2.24, 2.45) is 0 Å². The molecule has 0 bridgehead atoms. The molecule has 0 fully saturated rings. The number of fused-ring (bicyclic) bond motifs is 1. The third kappa shape index (κ3) is 2.27. The Kier molecular flexibility index (Phi) is 3.19. The standard InChI is InChI=1S/C13H12N4O2S/c1-8-7-20-11(14-8)5-6-17-10-4-2-3-9(13(18)19)12(10)15-16-17/h2-4,7H,5-6H2,1H3,(H,18,19). The van der Waals surface area contributed by atoms with Gasteiger partial charge in [0.05, 0.1) is 16.1 Å². The Morgan fingerprint density at radius 1 is 1.45 bits per heavy atom. The molecule has 6 nitrogen and oxygen atoms in total. The SMILES string of the molecule is Cc1csc(CCn2nnc3c(C(=O)O)cccc32)n1. The molecule has 1 N–H and O–H groups in total. The highest BCUT2D eigenvalue weighted by atomic mass is 32.1. The van der Waals surface area contributed by atoms with Crippen molar-refractivity contribution in [3.8, 4) is 0 Å². The van der Waals surface area contributed by atoms with Crippen molar-refractivity contribution >= 4 is 28.3 Å². The Morgan fingerprint density at radius 2 is 2.30 bits per heavy atom. The normalized spacial score (nSPS) is 11.1. The number of nitrogens with zero attached hydrogens (tertiary/aromatic N) is 4. The summed E-state index contributed by atoms with van der Waals surface area (Å²) in [7, 11) is 0. The number of thiazole rings is 1. The number of rotatable bonds is 4. The summed E-state index contributed by atoms with van der Waals surface area (Å²) >= 11 is 1.62. The lowest BCUT2D eigenvalue weighted by atomic mass is 10.2. The highest BCUT2D eigenvalue weighted by molar-refractivity contribution is 7.09. The van der Waals surface area contributed by atoms with E-state index in [1.165, 1.54) is 6.07 Å². The van der Waals surface area contributed by atoms with Gasteiger partial charge in [-0.3, -0.25) is 0 Å². The van der Waals surface area contributed by atoms with Crippen LogP contribution in [-0.2, 0) is 13.0 Å². The first-order chi connectivity index (χ1) is 9.65. The molecule has 3 rings (SSSR count). The van der Waals surface area contributed by atoms with Crippen LogP contribution >= 0.6 is 11.3 Å². The first kappa shape index (κ1) is 12.7. The maximum absolute atomic E-state index is 11.1. The summed E-state index contributed by atoms with van der Waals surface area (Å²) in [6.45, 7) is 2.59. The van der Waals surface area contributed by atoms with Gasteiger partial charge in [-0.15, -0.1) is 16.4 Å². The third-order valence-corrected chi connectivity index (χ3v) is 4.01. The lowest BCUT2D eigenvalue weighted by Gasteiger charge is -2.00. The summed E-state index contributed by atoms with van der Waals surface area (Å²) in [5.74, 6) is -0.988. The molecule has 0 spiro atoms. The van der Waals surface area contributed by atoms with Crippen molar-refractivity contribution in [3.63, 3.8) is 0 Å². The maximum Gasteiger partial charge on any atom is 0.338 e. The van der Waals surface area contributed by atoms with Gasteiger partial charge in [0.2, 0.25) is 0 Å². The first-order valence-electron chi connectivity index (χ1n) is 6.11. The number of benzene rings is 1. The van der Waals surface area contributed by atoms with Gasteiger partial charge in [-0.2, -0.15) is 0 Å². The van der Waals surface area contributed by atoms with Gasteiger partial charge >= 0.3 is 5.97 Å². The summed E-state index contributed by atoms with van der Waals surface area (Å²) < 4.78 is 1.72. The molecule has 0 amide bonds. The molecule has 0 atom stereocenters. The molecule has 102 valence electrons. The van der Waals surface area contributed by atoms with Crippen LogP contribution in [0.2, 0.25) is 0 Å². The average molecular weight is 288 g/mol. The number of carboxylic acids is 1. The molecule has 0 saturated heterocycles. The fraction of sp³-hybridized carbons (Fsp3) is 0.231. The smallest absolute Gasteiger partial charge is 0.338 e. The van der Waals surface area contributed by atoms with Crippen LogP contribution in [0.15, 0.2) is 23.6 Å². The van der Waals surface area contributed by atoms with Crippen molar-refractivity contribution in [1.82, 2.24) is 20.0 Å². The van der Waals surface area contributed by atoms with Gasteiger partial charge in [0, 0.05) is 24.0 Å². The minimum Gasteiger partial charge on any atom is -0.478 e. The Labute approximate surface area is 118 Å². The van der Waals surface area contributed by atoms with Crippen LogP contribution in [0.1, 0.15) is 21.1 Å². The van der Waals surface area contributed by atoms with Gasteiger partial charge in [-0.1, -0.05) is 11.3 Å². The molecule has 0 unspecified atom stereocenters. The molecule has 3 aromatic rings. The van der Waals surface area contributed by atoms with E-state index in [2.05, 4.69) is 15.3 Å². The molecule has 7 heteroatoms. The van der Waals surface area contributed by atoms with Gasteiger partial charge in [-0.05, 0) is 19.1 Å². The lowest BCUT2D eigenvalue weighted by Crippen LogP contribution is -2.03. The molecule has 0 aliphatic rings. The Morgan fingerprint density at radius 3 is 3.00 bits per heavy atom. The van der Waals surface area contributed by atoms with Crippen LogP contribution < -0.4 is 0 Å². The molecule has 0 aliphatic carbocycles. The number of carboxylic acid groups (broad SMARTS) is 1. The second-order valence-electron chi connectivity index (χ2n) is 4.42. The van der Waals surface area contributed by atoms with Crippen LogP contribution in [0.4, 0.5) is 0 Å². The first-order valence-corrected chi connectivity index (χ1v) is 6.99. The minimum atomic E-state index is -0.988. The predicted octanol–water partition coefficient (Wildman–Crippen LogP) is 2.14. The van der Waals surface area contributed by atoms with E-state index in [1.807, 2.05) is 18.4 Å². The molecule has 20 heavy (non-hydrogen) atoms. The average Bonchev–Trinajstić information content (AvgIpc) is 3.02. The van der Waals surface area contributed by atoms with Crippen LogP contribution in [-0.4, -0.2) is 31.1 Å². The Hall–Kier alpha value is -2.28.